The summed E-state index contributed by atoms with van der Waals surface area (Å²) in [4.78, 5) is 2.56. The van der Waals surface area contributed by atoms with Gasteiger partial charge < -0.3 is 10.2 Å². The van der Waals surface area contributed by atoms with Crippen LogP contribution < -0.4 is 5.32 Å². The minimum Gasteiger partial charge on any atom is -0.315 e. The molecular formula is C15H32N2. The maximum absolute atomic E-state index is 3.48. The summed E-state index contributed by atoms with van der Waals surface area (Å²) < 4.78 is 0. The molecule has 1 N–H and O–H groups in total. The van der Waals surface area contributed by atoms with Crippen LogP contribution in [0.3, 0.4) is 0 Å². The van der Waals surface area contributed by atoms with Crippen molar-refractivity contribution in [3.8, 4) is 0 Å². The summed E-state index contributed by atoms with van der Waals surface area (Å²) in [7, 11) is 2.29. The van der Waals surface area contributed by atoms with Gasteiger partial charge in [0.05, 0.1) is 0 Å². The number of hydrogen-bond donors (Lipinski definition) is 1. The molecule has 0 aromatic heterocycles. The highest BCUT2D eigenvalue weighted by atomic mass is 15.1. The van der Waals surface area contributed by atoms with Gasteiger partial charge in [-0.2, -0.15) is 0 Å². The van der Waals surface area contributed by atoms with Gasteiger partial charge in [0.15, 0.2) is 0 Å². The van der Waals surface area contributed by atoms with Crippen LogP contribution in [0, 0.1) is 5.92 Å². The molecule has 0 saturated heterocycles. The Morgan fingerprint density at radius 3 is 2.29 bits per heavy atom. The van der Waals surface area contributed by atoms with E-state index in [1.165, 1.54) is 51.6 Å². The van der Waals surface area contributed by atoms with Gasteiger partial charge in [-0.1, -0.05) is 26.7 Å². The second kappa shape index (κ2) is 8.10. The largest absolute Gasteiger partial charge is 0.315 e. The summed E-state index contributed by atoms with van der Waals surface area (Å²) in [5.74, 6) is 1.01. The van der Waals surface area contributed by atoms with Gasteiger partial charge in [0.2, 0.25) is 0 Å². The summed E-state index contributed by atoms with van der Waals surface area (Å²) in [6.07, 6.45) is 8.40. The summed E-state index contributed by atoms with van der Waals surface area (Å²) in [6, 6.07) is 1.46. The van der Waals surface area contributed by atoms with Crippen LogP contribution in [0.25, 0.3) is 0 Å². The highest BCUT2D eigenvalue weighted by Gasteiger charge is 2.29. The molecule has 2 heteroatoms. The third-order valence-corrected chi connectivity index (χ3v) is 3.99. The molecule has 1 unspecified atom stereocenters. The standard InChI is InChI=1S/C15H32N2/c1-13(2)16-11-7-5-6-8-12-17(4)14(3)15-9-10-15/h13-16H,5-12H2,1-4H3. The lowest BCUT2D eigenvalue weighted by atomic mass is 10.1. The lowest BCUT2D eigenvalue weighted by Crippen LogP contribution is -2.31. The van der Waals surface area contributed by atoms with Crippen molar-refractivity contribution in [3.63, 3.8) is 0 Å². The van der Waals surface area contributed by atoms with Gasteiger partial charge in [0.25, 0.3) is 0 Å². The van der Waals surface area contributed by atoms with E-state index < -0.39 is 0 Å². The van der Waals surface area contributed by atoms with Gasteiger partial charge >= 0.3 is 0 Å². The Morgan fingerprint density at radius 1 is 1.06 bits per heavy atom. The van der Waals surface area contributed by atoms with Gasteiger partial charge in [-0.3, -0.25) is 0 Å². The van der Waals surface area contributed by atoms with E-state index >= 15 is 0 Å². The maximum Gasteiger partial charge on any atom is 0.00921 e. The summed E-state index contributed by atoms with van der Waals surface area (Å²) in [5, 5.41) is 3.48. The van der Waals surface area contributed by atoms with E-state index in [2.05, 4.69) is 38.0 Å². The molecule has 102 valence electrons. The van der Waals surface area contributed by atoms with Crippen molar-refractivity contribution in [1.29, 1.82) is 0 Å². The first-order chi connectivity index (χ1) is 8.11. The van der Waals surface area contributed by atoms with Crippen molar-refractivity contribution in [1.82, 2.24) is 10.2 Å². The zero-order chi connectivity index (χ0) is 12.7. The highest BCUT2D eigenvalue weighted by Crippen LogP contribution is 2.34. The van der Waals surface area contributed by atoms with Crippen molar-refractivity contribution in [2.75, 3.05) is 20.1 Å². The predicted molar refractivity (Wildman–Crippen MR) is 76.4 cm³/mol. The van der Waals surface area contributed by atoms with Crippen LogP contribution in [0.2, 0.25) is 0 Å². The molecule has 0 bridgehead atoms. The minimum absolute atomic E-state index is 0.639. The van der Waals surface area contributed by atoms with Gasteiger partial charge in [-0.05, 0) is 58.7 Å². The van der Waals surface area contributed by atoms with Crippen LogP contribution in [0.1, 0.15) is 59.3 Å². The number of rotatable bonds is 10. The van der Waals surface area contributed by atoms with Gasteiger partial charge in [0, 0.05) is 12.1 Å². The second-order valence-electron chi connectivity index (χ2n) is 6.08. The molecular weight excluding hydrogens is 208 g/mol. The average molecular weight is 240 g/mol. The van der Waals surface area contributed by atoms with Gasteiger partial charge in [-0.15, -0.1) is 0 Å². The van der Waals surface area contributed by atoms with Crippen LogP contribution in [-0.4, -0.2) is 37.1 Å². The minimum atomic E-state index is 0.639. The molecule has 0 spiro atoms. The van der Waals surface area contributed by atoms with E-state index in [0.717, 1.165) is 12.0 Å². The first-order valence-electron chi connectivity index (χ1n) is 7.55. The molecule has 1 aliphatic rings. The zero-order valence-corrected chi connectivity index (χ0v) is 12.3. The maximum atomic E-state index is 3.48. The Labute approximate surface area is 108 Å². The van der Waals surface area contributed by atoms with E-state index in [0.29, 0.717) is 6.04 Å². The molecule has 0 heterocycles. The molecule has 1 rings (SSSR count). The lowest BCUT2D eigenvalue weighted by molar-refractivity contribution is 0.229. The molecule has 1 saturated carbocycles. The highest BCUT2D eigenvalue weighted by molar-refractivity contribution is 4.83. The Hall–Kier alpha value is -0.0800. The van der Waals surface area contributed by atoms with Crippen LogP contribution in [0.5, 0.6) is 0 Å². The molecule has 2 nitrogen and oxygen atoms in total. The van der Waals surface area contributed by atoms with Gasteiger partial charge in [-0.25, -0.2) is 0 Å². The quantitative estimate of drug-likeness (QED) is 0.590. The Bertz CT molecular complexity index is 187. The fourth-order valence-electron chi connectivity index (χ4n) is 2.37. The second-order valence-corrected chi connectivity index (χ2v) is 6.08. The zero-order valence-electron chi connectivity index (χ0n) is 12.3. The van der Waals surface area contributed by atoms with Crippen molar-refractivity contribution in [2.24, 2.45) is 5.92 Å². The summed E-state index contributed by atoms with van der Waals surface area (Å²) in [6.45, 7) is 9.30. The van der Waals surface area contributed by atoms with E-state index in [1.54, 1.807) is 0 Å². The third kappa shape index (κ3) is 7.05. The molecule has 0 aromatic carbocycles. The van der Waals surface area contributed by atoms with Crippen LogP contribution in [0.4, 0.5) is 0 Å². The first-order valence-corrected chi connectivity index (χ1v) is 7.55. The van der Waals surface area contributed by atoms with Crippen LogP contribution in [-0.2, 0) is 0 Å². The summed E-state index contributed by atoms with van der Waals surface area (Å²) in [5.41, 5.74) is 0. The Morgan fingerprint density at radius 2 is 1.71 bits per heavy atom. The molecule has 0 aliphatic heterocycles. The molecule has 0 amide bonds. The fourth-order valence-corrected chi connectivity index (χ4v) is 2.37. The predicted octanol–water partition coefficient (Wildman–Crippen LogP) is 3.28. The normalized spacial score (nSPS) is 18.0. The number of nitrogens with zero attached hydrogens (tertiary/aromatic N) is 1. The van der Waals surface area contributed by atoms with Gasteiger partial charge in [0.1, 0.15) is 0 Å². The first kappa shape index (κ1) is 15.0. The number of unbranched alkanes of at least 4 members (excludes halogenated alkanes) is 3. The van der Waals surface area contributed by atoms with E-state index in [-0.39, 0.29) is 0 Å². The lowest BCUT2D eigenvalue weighted by Gasteiger charge is -2.24. The molecule has 0 radical (unpaired) electrons. The average Bonchev–Trinajstić information content (AvgIpc) is 3.09. The fraction of sp³-hybridized carbons (Fsp3) is 1.00. The molecule has 1 fully saturated rings. The SMILES string of the molecule is CC(C)NCCCCCCN(C)C(C)C1CC1. The molecule has 17 heavy (non-hydrogen) atoms. The number of nitrogens with one attached hydrogen (secondary N) is 1. The van der Waals surface area contributed by atoms with Crippen molar-refractivity contribution in [3.05, 3.63) is 0 Å². The summed E-state index contributed by atoms with van der Waals surface area (Å²) >= 11 is 0. The molecule has 0 aromatic rings. The van der Waals surface area contributed by atoms with Crippen LogP contribution in [0.15, 0.2) is 0 Å². The Balaban J connectivity index is 1.86. The van der Waals surface area contributed by atoms with E-state index in [1.807, 2.05) is 0 Å². The molecule has 1 atom stereocenters. The van der Waals surface area contributed by atoms with Crippen molar-refractivity contribution >= 4 is 0 Å². The van der Waals surface area contributed by atoms with E-state index in [9.17, 15) is 0 Å². The van der Waals surface area contributed by atoms with Crippen molar-refractivity contribution < 1.29 is 0 Å². The number of hydrogen-bond acceptors (Lipinski definition) is 2. The topological polar surface area (TPSA) is 15.3 Å². The van der Waals surface area contributed by atoms with Crippen LogP contribution >= 0.6 is 0 Å². The smallest absolute Gasteiger partial charge is 0.00921 e. The van der Waals surface area contributed by atoms with E-state index in [4.69, 9.17) is 0 Å². The van der Waals surface area contributed by atoms with Crippen molar-refractivity contribution in [2.45, 2.75) is 71.4 Å². The third-order valence-electron chi connectivity index (χ3n) is 3.99. The monoisotopic (exact) mass is 240 g/mol. The Kier molecular flexibility index (Phi) is 7.14. The molecule has 1 aliphatic carbocycles.